The molecule has 1 saturated heterocycles. The van der Waals surface area contributed by atoms with Crippen LogP contribution in [0.3, 0.4) is 0 Å². The molecule has 6 nitrogen and oxygen atoms in total. The molecule has 4 rings (SSSR count). The van der Waals surface area contributed by atoms with Crippen molar-refractivity contribution in [1.29, 1.82) is 0 Å². The van der Waals surface area contributed by atoms with Gasteiger partial charge in [-0.25, -0.2) is 4.98 Å². The van der Waals surface area contributed by atoms with E-state index in [1.54, 1.807) is 6.20 Å². The number of nitrogens with one attached hydrogen (secondary N) is 1. The van der Waals surface area contributed by atoms with E-state index < -0.39 is 0 Å². The number of hydrogen-bond donors (Lipinski definition) is 1. The molecule has 172 valence electrons. The summed E-state index contributed by atoms with van der Waals surface area (Å²) in [6.07, 6.45) is 5.30. The largest absolute Gasteiger partial charge is 0.477 e. The first-order valence-corrected chi connectivity index (χ1v) is 11.8. The lowest BCUT2D eigenvalue weighted by atomic mass is 9.95. The first kappa shape index (κ1) is 22.8. The number of carbonyl (C=O) groups is 2. The third-order valence-corrected chi connectivity index (χ3v) is 6.14. The van der Waals surface area contributed by atoms with E-state index in [1.165, 1.54) is 0 Å². The molecular formula is C27H31N3O3. The summed E-state index contributed by atoms with van der Waals surface area (Å²) in [6.45, 7) is 4.19. The van der Waals surface area contributed by atoms with Gasteiger partial charge in [-0.1, -0.05) is 55.8 Å². The first-order chi connectivity index (χ1) is 16.2. The van der Waals surface area contributed by atoms with Crippen molar-refractivity contribution in [3.05, 3.63) is 71.9 Å². The molecule has 0 saturated carbocycles. The number of aromatic nitrogens is 1. The average Bonchev–Trinajstić information content (AvgIpc) is 2.87. The fourth-order valence-electron chi connectivity index (χ4n) is 4.29. The van der Waals surface area contributed by atoms with Gasteiger partial charge in [0.2, 0.25) is 11.8 Å². The lowest BCUT2D eigenvalue weighted by Gasteiger charge is -2.32. The van der Waals surface area contributed by atoms with Crippen LogP contribution in [0.1, 0.15) is 48.5 Å². The molecule has 0 bridgehead atoms. The normalized spacial score (nSPS) is 15.9. The van der Waals surface area contributed by atoms with Gasteiger partial charge < -0.3 is 15.0 Å². The van der Waals surface area contributed by atoms with Gasteiger partial charge in [0.15, 0.2) is 0 Å². The summed E-state index contributed by atoms with van der Waals surface area (Å²) in [4.78, 5) is 32.4. The second kappa shape index (κ2) is 10.9. The molecule has 2 heterocycles. The van der Waals surface area contributed by atoms with Crippen LogP contribution in [0.25, 0.3) is 10.8 Å². The highest BCUT2D eigenvalue weighted by Crippen LogP contribution is 2.24. The minimum atomic E-state index is -0.223. The van der Waals surface area contributed by atoms with E-state index in [0.717, 1.165) is 42.0 Å². The van der Waals surface area contributed by atoms with Crippen LogP contribution in [-0.4, -0.2) is 41.4 Å². The van der Waals surface area contributed by atoms with Crippen molar-refractivity contribution in [2.24, 2.45) is 5.92 Å². The number of pyridine rings is 1. The number of amides is 2. The number of hydrogen-bond acceptors (Lipinski definition) is 4. The zero-order chi connectivity index (χ0) is 23.0. The monoisotopic (exact) mass is 445 g/mol. The summed E-state index contributed by atoms with van der Waals surface area (Å²) in [7, 11) is 0. The molecule has 1 atom stereocenters. The van der Waals surface area contributed by atoms with Crippen molar-refractivity contribution in [3.8, 4) is 5.88 Å². The number of benzene rings is 2. The molecule has 1 fully saturated rings. The molecule has 2 aromatic carbocycles. The predicted octanol–water partition coefficient (Wildman–Crippen LogP) is 4.58. The lowest BCUT2D eigenvalue weighted by molar-refractivity contribution is -0.126. The maximum atomic E-state index is 13.3. The minimum Gasteiger partial charge on any atom is -0.477 e. The standard InChI is InChI=1S/C27H31N3O3/c1-2-3-17-33-26-21(11-7-15-28-26)18-29-25(31)22-12-8-16-30(19-22)27(32)24-14-6-10-20-9-4-5-13-23(20)24/h4-7,9-11,13-15,22H,2-3,8,12,16-19H2,1H3,(H,29,31). The Kier molecular flexibility index (Phi) is 7.55. The zero-order valence-corrected chi connectivity index (χ0v) is 19.1. The molecular weight excluding hydrogens is 414 g/mol. The summed E-state index contributed by atoms with van der Waals surface area (Å²) < 4.78 is 5.77. The number of unbranched alkanes of at least 4 members (excludes halogenated alkanes) is 1. The Morgan fingerprint density at radius 2 is 1.97 bits per heavy atom. The van der Waals surface area contributed by atoms with Crippen LogP contribution in [0.2, 0.25) is 0 Å². The molecule has 1 N–H and O–H groups in total. The van der Waals surface area contributed by atoms with Crippen molar-refractivity contribution in [1.82, 2.24) is 15.2 Å². The fourth-order valence-corrected chi connectivity index (χ4v) is 4.29. The summed E-state index contributed by atoms with van der Waals surface area (Å²) in [5, 5.41) is 5.02. The van der Waals surface area contributed by atoms with Gasteiger partial charge >= 0.3 is 0 Å². The van der Waals surface area contributed by atoms with Crippen LogP contribution in [0.15, 0.2) is 60.8 Å². The van der Waals surface area contributed by atoms with Gasteiger partial charge in [-0.2, -0.15) is 0 Å². The molecule has 0 radical (unpaired) electrons. The smallest absolute Gasteiger partial charge is 0.254 e. The third kappa shape index (κ3) is 5.51. The van der Waals surface area contributed by atoms with E-state index in [1.807, 2.05) is 59.5 Å². The van der Waals surface area contributed by atoms with Crippen LogP contribution in [0.5, 0.6) is 5.88 Å². The molecule has 1 aromatic heterocycles. The summed E-state index contributed by atoms with van der Waals surface area (Å²) in [5.74, 6) is 0.304. The Bertz CT molecular complexity index is 1110. The van der Waals surface area contributed by atoms with Crippen LogP contribution in [0, 0.1) is 5.92 Å². The second-order valence-electron chi connectivity index (χ2n) is 8.50. The third-order valence-electron chi connectivity index (χ3n) is 6.14. The molecule has 1 aliphatic heterocycles. The van der Waals surface area contributed by atoms with Crippen LogP contribution in [0.4, 0.5) is 0 Å². The Morgan fingerprint density at radius 1 is 1.12 bits per heavy atom. The van der Waals surface area contributed by atoms with Gasteiger partial charge in [0.05, 0.1) is 12.5 Å². The van der Waals surface area contributed by atoms with Gasteiger partial charge in [-0.05, 0) is 42.2 Å². The van der Waals surface area contributed by atoms with Crippen molar-refractivity contribution in [2.75, 3.05) is 19.7 Å². The molecule has 1 unspecified atom stereocenters. The zero-order valence-electron chi connectivity index (χ0n) is 19.1. The Labute approximate surface area is 195 Å². The van der Waals surface area contributed by atoms with Gasteiger partial charge in [-0.15, -0.1) is 0 Å². The predicted molar refractivity (Wildman–Crippen MR) is 129 cm³/mol. The summed E-state index contributed by atoms with van der Waals surface area (Å²) in [6, 6.07) is 17.5. The first-order valence-electron chi connectivity index (χ1n) is 11.8. The Balaban J connectivity index is 1.39. The van der Waals surface area contributed by atoms with E-state index in [9.17, 15) is 9.59 Å². The number of piperidine rings is 1. The molecule has 1 aliphatic rings. The molecule has 33 heavy (non-hydrogen) atoms. The van der Waals surface area contributed by atoms with Crippen molar-refractivity contribution in [3.63, 3.8) is 0 Å². The number of likely N-dealkylation sites (tertiary alicyclic amines) is 1. The van der Waals surface area contributed by atoms with Gasteiger partial charge in [0, 0.05) is 37.0 Å². The molecule has 0 spiro atoms. The van der Waals surface area contributed by atoms with E-state index >= 15 is 0 Å². The molecule has 0 aliphatic carbocycles. The molecule has 3 aromatic rings. The maximum Gasteiger partial charge on any atom is 0.254 e. The van der Waals surface area contributed by atoms with Gasteiger partial charge in [0.1, 0.15) is 0 Å². The Hall–Kier alpha value is -3.41. The Morgan fingerprint density at radius 3 is 2.85 bits per heavy atom. The summed E-state index contributed by atoms with van der Waals surface area (Å²) in [5.41, 5.74) is 1.56. The SMILES string of the molecule is CCCCOc1ncccc1CNC(=O)C1CCCN(C(=O)c2cccc3ccccc23)C1. The number of nitrogens with zero attached hydrogens (tertiary/aromatic N) is 2. The van der Waals surface area contributed by atoms with Gasteiger partial charge in [-0.3, -0.25) is 9.59 Å². The quantitative estimate of drug-likeness (QED) is 0.515. The topological polar surface area (TPSA) is 71.5 Å². The van der Waals surface area contributed by atoms with Crippen molar-refractivity contribution in [2.45, 2.75) is 39.2 Å². The average molecular weight is 446 g/mol. The molecule has 2 amide bonds. The number of rotatable bonds is 8. The van der Waals surface area contributed by atoms with E-state index in [0.29, 0.717) is 37.7 Å². The van der Waals surface area contributed by atoms with Crippen LogP contribution >= 0.6 is 0 Å². The second-order valence-corrected chi connectivity index (χ2v) is 8.50. The van der Waals surface area contributed by atoms with Crippen LogP contribution < -0.4 is 10.1 Å². The highest BCUT2D eigenvalue weighted by molar-refractivity contribution is 6.07. The highest BCUT2D eigenvalue weighted by atomic mass is 16.5. The molecule has 6 heteroatoms. The lowest BCUT2D eigenvalue weighted by Crippen LogP contribution is -2.45. The van der Waals surface area contributed by atoms with Crippen molar-refractivity contribution < 1.29 is 14.3 Å². The van der Waals surface area contributed by atoms with E-state index in [-0.39, 0.29) is 17.7 Å². The van der Waals surface area contributed by atoms with Gasteiger partial charge in [0.25, 0.3) is 5.91 Å². The van der Waals surface area contributed by atoms with E-state index in [4.69, 9.17) is 4.74 Å². The number of carbonyl (C=O) groups excluding carboxylic acids is 2. The maximum absolute atomic E-state index is 13.3. The van der Waals surface area contributed by atoms with Crippen LogP contribution in [-0.2, 0) is 11.3 Å². The number of fused-ring (bicyclic) bond motifs is 1. The van der Waals surface area contributed by atoms with Crippen molar-refractivity contribution >= 4 is 22.6 Å². The van der Waals surface area contributed by atoms with E-state index in [2.05, 4.69) is 17.2 Å². The minimum absolute atomic E-state index is 0.0110. The fraction of sp³-hybridized carbons (Fsp3) is 0.370. The highest BCUT2D eigenvalue weighted by Gasteiger charge is 2.29. The summed E-state index contributed by atoms with van der Waals surface area (Å²) >= 11 is 0. The number of ether oxygens (including phenoxy) is 1.